The van der Waals surface area contributed by atoms with Crippen LogP contribution in [0.25, 0.3) is 5.70 Å². The molecule has 1 amide bonds. The van der Waals surface area contributed by atoms with E-state index in [1.54, 1.807) is 0 Å². The van der Waals surface area contributed by atoms with Gasteiger partial charge in [0.25, 0.3) is 0 Å². The van der Waals surface area contributed by atoms with E-state index in [-0.39, 0.29) is 5.91 Å². The number of para-hydroxylation sites is 1. The summed E-state index contributed by atoms with van der Waals surface area (Å²) in [6, 6.07) is 20.7. The van der Waals surface area contributed by atoms with Crippen LogP contribution in [0.3, 0.4) is 0 Å². The number of nitrogens with one attached hydrogen (secondary N) is 1. The Hall–Kier alpha value is -2.95. The van der Waals surface area contributed by atoms with Gasteiger partial charge in [-0.2, -0.15) is 0 Å². The Bertz CT molecular complexity index is 782. The van der Waals surface area contributed by atoms with Gasteiger partial charge in [0, 0.05) is 51.0 Å². The highest BCUT2D eigenvalue weighted by Gasteiger charge is 2.22. The lowest BCUT2D eigenvalue weighted by molar-refractivity contribution is -0.131. The van der Waals surface area contributed by atoms with Crippen molar-refractivity contribution in [1.82, 2.24) is 15.1 Å². The lowest BCUT2D eigenvalue weighted by atomic mass is 10.2. The zero-order valence-electron chi connectivity index (χ0n) is 15.6. The average molecular weight is 362 g/mol. The first-order valence-corrected chi connectivity index (χ1v) is 9.62. The van der Waals surface area contributed by atoms with Crippen molar-refractivity contribution in [3.63, 3.8) is 0 Å². The second-order valence-electron chi connectivity index (χ2n) is 7.01. The minimum atomic E-state index is 0.254. The summed E-state index contributed by atoms with van der Waals surface area (Å²) in [5.74, 6) is 0.254. The van der Waals surface area contributed by atoms with Crippen molar-refractivity contribution in [2.45, 2.75) is 6.42 Å². The Morgan fingerprint density at radius 2 is 1.56 bits per heavy atom. The van der Waals surface area contributed by atoms with Crippen molar-refractivity contribution in [2.75, 3.05) is 44.3 Å². The van der Waals surface area contributed by atoms with Crippen LogP contribution in [0.2, 0.25) is 0 Å². The molecule has 0 radical (unpaired) electrons. The number of benzene rings is 2. The molecule has 2 aromatic rings. The largest absolute Gasteiger partial charge is 0.368 e. The molecule has 0 aromatic heterocycles. The van der Waals surface area contributed by atoms with Crippen LogP contribution in [-0.2, 0) is 4.79 Å². The van der Waals surface area contributed by atoms with Crippen LogP contribution in [0.4, 0.5) is 5.69 Å². The summed E-state index contributed by atoms with van der Waals surface area (Å²) in [6.45, 7) is 4.92. The van der Waals surface area contributed by atoms with Crippen LogP contribution in [0, 0.1) is 0 Å². The maximum absolute atomic E-state index is 12.6. The summed E-state index contributed by atoms with van der Waals surface area (Å²) < 4.78 is 0. The van der Waals surface area contributed by atoms with Crippen molar-refractivity contribution in [2.24, 2.45) is 0 Å². The standard InChI is InChI=1S/C22H26N4O/c27-22(26-15-13-25(14-16-26)20-9-5-2-6-10-20)11-12-24-17-21(23-18-24)19-7-3-1-4-8-19/h1-10,17,23H,11-16,18H2. The van der Waals surface area contributed by atoms with Crippen molar-refractivity contribution < 1.29 is 4.79 Å². The second-order valence-corrected chi connectivity index (χ2v) is 7.01. The summed E-state index contributed by atoms with van der Waals surface area (Å²) in [6.07, 6.45) is 2.68. The molecule has 0 atom stereocenters. The summed E-state index contributed by atoms with van der Waals surface area (Å²) >= 11 is 0. The third-order valence-electron chi connectivity index (χ3n) is 5.24. The molecule has 5 heteroatoms. The first-order chi connectivity index (χ1) is 13.3. The smallest absolute Gasteiger partial charge is 0.224 e. The molecule has 1 fully saturated rings. The van der Waals surface area contributed by atoms with E-state index < -0.39 is 0 Å². The number of carbonyl (C=O) groups is 1. The fourth-order valence-corrected chi connectivity index (χ4v) is 3.65. The molecule has 27 heavy (non-hydrogen) atoms. The third kappa shape index (κ3) is 4.25. The van der Waals surface area contributed by atoms with Gasteiger partial charge in [-0.3, -0.25) is 4.79 Å². The molecule has 0 bridgehead atoms. The van der Waals surface area contributed by atoms with E-state index in [1.165, 1.54) is 11.3 Å². The Morgan fingerprint density at radius 1 is 0.889 bits per heavy atom. The topological polar surface area (TPSA) is 38.8 Å². The highest BCUT2D eigenvalue weighted by atomic mass is 16.2. The SMILES string of the molecule is O=C(CCN1C=C(c2ccccc2)NC1)N1CCN(c2ccccc2)CC1. The minimum absolute atomic E-state index is 0.254. The normalized spacial score (nSPS) is 16.9. The predicted octanol–water partition coefficient (Wildman–Crippen LogP) is 2.59. The fraction of sp³-hybridized carbons (Fsp3) is 0.318. The minimum Gasteiger partial charge on any atom is -0.368 e. The molecule has 2 aliphatic rings. The summed E-state index contributed by atoms with van der Waals surface area (Å²) in [5, 5.41) is 3.41. The van der Waals surface area contributed by atoms with E-state index in [4.69, 9.17) is 0 Å². The molecule has 1 N–H and O–H groups in total. The Kier molecular flexibility index (Phi) is 5.28. The number of rotatable bonds is 5. The van der Waals surface area contributed by atoms with Crippen molar-refractivity contribution in [3.05, 3.63) is 72.4 Å². The van der Waals surface area contributed by atoms with Gasteiger partial charge >= 0.3 is 0 Å². The first kappa shape index (κ1) is 17.5. The molecule has 0 unspecified atom stereocenters. The highest BCUT2D eigenvalue weighted by Crippen LogP contribution is 2.18. The molecule has 2 aromatic carbocycles. The maximum Gasteiger partial charge on any atom is 0.224 e. The molecule has 5 nitrogen and oxygen atoms in total. The maximum atomic E-state index is 12.6. The molecule has 140 valence electrons. The van der Waals surface area contributed by atoms with Gasteiger partial charge in [0.1, 0.15) is 0 Å². The van der Waals surface area contributed by atoms with Gasteiger partial charge in [0.2, 0.25) is 5.91 Å². The van der Waals surface area contributed by atoms with E-state index in [2.05, 4.69) is 57.7 Å². The zero-order valence-corrected chi connectivity index (χ0v) is 15.6. The van der Waals surface area contributed by atoms with Gasteiger partial charge in [-0.15, -0.1) is 0 Å². The molecule has 0 saturated carbocycles. The van der Waals surface area contributed by atoms with E-state index >= 15 is 0 Å². The Labute approximate surface area is 160 Å². The van der Waals surface area contributed by atoms with E-state index in [9.17, 15) is 4.79 Å². The predicted molar refractivity (Wildman–Crippen MR) is 109 cm³/mol. The van der Waals surface area contributed by atoms with Crippen molar-refractivity contribution >= 4 is 17.3 Å². The van der Waals surface area contributed by atoms with Gasteiger partial charge < -0.3 is 20.0 Å². The number of anilines is 1. The van der Waals surface area contributed by atoms with Crippen LogP contribution in [0.15, 0.2) is 66.9 Å². The van der Waals surface area contributed by atoms with Gasteiger partial charge in [0.05, 0.1) is 12.4 Å². The second kappa shape index (κ2) is 8.16. The van der Waals surface area contributed by atoms with Gasteiger partial charge in [-0.1, -0.05) is 48.5 Å². The van der Waals surface area contributed by atoms with Crippen LogP contribution < -0.4 is 10.2 Å². The molecular weight excluding hydrogens is 336 g/mol. The molecule has 0 spiro atoms. The quantitative estimate of drug-likeness (QED) is 0.887. The van der Waals surface area contributed by atoms with E-state index in [0.29, 0.717) is 6.42 Å². The van der Waals surface area contributed by atoms with Gasteiger partial charge in [-0.25, -0.2) is 0 Å². The lowest BCUT2D eigenvalue weighted by Crippen LogP contribution is -2.49. The highest BCUT2D eigenvalue weighted by molar-refractivity contribution is 5.77. The molecular formula is C22H26N4O. The first-order valence-electron chi connectivity index (χ1n) is 9.62. The molecule has 2 aliphatic heterocycles. The number of piperazine rings is 1. The van der Waals surface area contributed by atoms with Crippen molar-refractivity contribution in [3.8, 4) is 0 Å². The molecule has 2 heterocycles. The third-order valence-corrected chi connectivity index (χ3v) is 5.24. The molecule has 1 saturated heterocycles. The summed E-state index contributed by atoms with van der Waals surface area (Å²) in [4.78, 5) is 19.1. The van der Waals surface area contributed by atoms with Gasteiger partial charge in [-0.05, 0) is 17.7 Å². The van der Waals surface area contributed by atoms with Gasteiger partial charge in [0.15, 0.2) is 0 Å². The van der Waals surface area contributed by atoms with Crippen LogP contribution in [0.5, 0.6) is 0 Å². The van der Waals surface area contributed by atoms with E-state index in [1.807, 2.05) is 29.2 Å². The fourth-order valence-electron chi connectivity index (χ4n) is 3.65. The van der Waals surface area contributed by atoms with Crippen molar-refractivity contribution in [1.29, 1.82) is 0 Å². The average Bonchev–Trinajstić information content (AvgIpc) is 3.22. The monoisotopic (exact) mass is 362 g/mol. The Morgan fingerprint density at radius 3 is 2.26 bits per heavy atom. The summed E-state index contributed by atoms with van der Waals surface area (Å²) in [7, 11) is 0. The number of carbonyl (C=O) groups excluding carboxylic acids is 1. The zero-order chi connectivity index (χ0) is 18.5. The number of amides is 1. The van der Waals surface area contributed by atoms with Crippen LogP contribution in [-0.4, -0.2) is 55.1 Å². The van der Waals surface area contributed by atoms with E-state index in [0.717, 1.165) is 45.1 Å². The van der Waals surface area contributed by atoms with Crippen LogP contribution >= 0.6 is 0 Å². The summed E-state index contributed by atoms with van der Waals surface area (Å²) in [5.41, 5.74) is 3.55. The Balaban J connectivity index is 1.24. The molecule has 0 aliphatic carbocycles. The lowest BCUT2D eigenvalue weighted by Gasteiger charge is -2.36. The molecule has 4 rings (SSSR count). The number of hydrogen-bond acceptors (Lipinski definition) is 4. The number of hydrogen-bond donors (Lipinski definition) is 1. The number of nitrogens with zero attached hydrogens (tertiary/aromatic N) is 3. The van der Waals surface area contributed by atoms with Crippen LogP contribution in [0.1, 0.15) is 12.0 Å².